The van der Waals surface area contributed by atoms with Gasteiger partial charge in [0.2, 0.25) is 5.91 Å². The van der Waals surface area contributed by atoms with Gasteiger partial charge in [-0.25, -0.2) is 4.79 Å². The maximum atomic E-state index is 12.2. The van der Waals surface area contributed by atoms with Crippen molar-refractivity contribution in [2.75, 3.05) is 13.2 Å². The maximum Gasteiger partial charge on any atom is 0.335 e. The van der Waals surface area contributed by atoms with E-state index in [1.165, 1.54) is 12.1 Å². The Morgan fingerprint density at radius 2 is 1.93 bits per heavy atom. The van der Waals surface area contributed by atoms with Gasteiger partial charge in [-0.1, -0.05) is 18.6 Å². The summed E-state index contributed by atoms with van der Waals surface area (Å²) in [5.74, 6) is 0.107. The van der Waals surface area contributed by atoms with Crippen LogP contribution in [0.25, 0.3) is 0 Å². The molecule has 1 heterocycles. The summed E-state index contributed by atoms with van der Waals surface area (Å²) >= 11 is 0. The fourth-order valence-corrected chi connectivity index (χ4v) is 3.78. The molecule has 0 aliphatic carbocycles. The van der Waals surface area contributed by atoms with Crippen LogP contribution in [0.1, 0.15) is 48.0 Å². The van der Waals surface area contributed by atoms with Crippen LogP contribution in [0, 0.1) is 0 Å². The molecule has 1 atom stereocenters. The highest BCUT2D eigenvalue weighted by Crippen LogP contribution is 2.24. The van der Waals surface area contributed by atoms with Crippen LogP contribution in [0.3, 0.4) is 0 Å². The van der Waals surface area contributed by atoms with Crippen molar-refractivity contribution in [2.24, 2.45) is 0 Å². The second kappa shape index (κ2) is 9.96. The second-order valence-corrected chi connectivity index (χ2v) is 7.37. The molecule has 154 valence electrons. The van der Waals surface area contributed by atoms with Crippen molar-refractivity contribution in [3.63, 3.8) is 0 Å². The van der Waals surface area contributed by atoms with Crippen molar-refractivity contribution >= 4 is 11.9 Å². The number of phenolic OH excluding ortho intramolecular Hbond substituents is 1. The maximum absolute atomic E-state index is 12.2. The lowest BCUT2D eigenvalue weighted by Crippen LogP contribution is -2.36. The van der Waals surface area contributed by atoms with E-state index >= 15 is 0 Å². The number of aromatic carboxylic acids is 1. The zero-order chi connectivity index (χ0) is 20.6. The predicted octanol–water partition coefficient (Wildman–Crippen LogP) is 3.87. The number of carbonyl (C=O) groups is 2. The molecule has 1 unspecified atom stereocenters. The van der Waals surface area contributed by atoms with Crippen LogP contribution in [0.2, 0.25) is 0 Å². The molecule has 29 heavy (non-hydrogen) atoms. The number of carboxylic acid groups (broad SMARTS) is 1. The van der Waals surface area contributed by atoms with E-state index in [0.717, 1.165) is 37.7 Å². The molecule has 1 aliphatic heterocycles. The molecule has 0 saturated carbocycles. The van der Waals surface area contributed by atoms with E-state index in [-0.39, 0.29) is 17.5 Å². The monoisotopic (exact) mass is 397 g/mol. The van der Waals surface area contributed by atoms with Gasteiger partial charge in [0.05, 0.1) is 12.1 Å². The number of aryl methyl sites for hydroxylation is 1. The number of benzene rings is 2. The van der Waals surface area contributed by atoms with Crippen molar-refractivity contribution < 1.29 is 24.5 Å². The van der Waals surface area contributed by atoms with Gasteiger partial charge in [0.1, 0.15) is 18.1 Å². The van der Waals surface area contributed by atoms with Crippen LogP contribution in [0.5, 0.6) is 11.5 Å². The zero-order valence-corrected chi connectivity index (χ0v) is 16.4. The Kier molecular flexibility index (Phi) is 7.11. The first-order valence-electron chi connectivity index (χ1n) is 10.1. The molecular weight excluding hydrogens is 370 g/mol. The van der Waals surface area contributed by atoms with E-state index in [0.29, 0.717) is 31.1 Å². The van der Waals surface area contributed by atoms with Crippen LogP contribution in [0.15, 0.2) is 48.5 Å². The number of hydrogen-bond acceptors (Lipinski definition) is 4. The number of phenols is 1. The minimum atomic E-state index is -0.967. The van der Waals surface area contributed by atoms with Gasteiger partial charge >= 0.3 is 5.97 Å². The lowest BCUT2D eigenvalue weighted by atomic mass is 10.0. The van der Waals surface area contributed by atoms with E-state index < -0.39 is 5.97 Å². The quantitative estimate of drug-likeness (QED) is 0.594. The highest BCUT2D eigenvalue weighted by molar-refractivity contribution is 5.87. The van der Waals surface area contributed by atoms with Crippen molar-refractivity contribution in [1.29, 1.82) is 0 Å². The number of nitrogens with zero attached hydrogens (tertiary/aromatic N) is 1. The molecule has 2 N–H and O–H groups in total. The van der Waals surface area contributed by atoms with E-state index in [4.69, 9.17) is 9.84 Å². The third-order valence-corrected chi connectivity index (χ3v) is 5.32. The third kappa shape index (κ3) is 5.98. The molecule has 0 spiro atoms. The Labute approximate surface area is 170 Å². The van der Waals surface area contributed by atoms with Gasteiger partial charge in [0, 0.05) is 12.5 Å². The molecule has 1 saturated heterocycles. The van der Waals surface area contributed by atoms with Crippen LogP contribution >= 0.6 is 0 Å². The Morgan fingerprint density at radius 3 is 2.66 bits per heavy atom. The lowest BCUT2D eigenvalue weighted by molar-refractivity contribution is -0.129. The van der Waals surface area contributed by atoms with Gasteiger partial charge in [-0.2, -0.15) is 0 Å². The number of carboxylic acids is 1. The summed E-state index contributed by atoms with van der Waals surface area (Å²) in [6.07, 6.45) is 5.42. The normalized spacial score (nSPS) is 16.2. The first kappa shape index (κ1) is 20.7. The van der Waals surface area contributed by atoms with Crippen molar-refractivity contribution in [1.82, 2.24) is 4.90 Å². The fourth-order valence-electron chi connectivity index (χ4n) is 3.78. The van der Waals surface area contributed by atoms with Crippen molar-refractivity contribution in [3.05, 3.63) is 59.7 Å². The first-order valence-corrected chi connectivity index (χ1v) is 10.1. The van der Waals surface area contributed by atoms with Gasteiger partial charge in [-0.05, 0) is 67.6 Å². The highest BCUT2D eigenvalue weighted by Gasteiger charge is 2.30. The molecule has 0 radical (unpaired) electrons. The first-order chi connectivity index (χ1) is 14.0. The minimum absolute atomic E-state index is 0.174. The van der Waals surface area contributed by atoms with Crippen molar-refractivity contribution in [2.45, 2.75) is 44.6 Å². The Hall–Kier alpha value is -3.02. The summed E-state index contributed by atoms with van der Waals surface area (Å²) in [7, 11) is 0. The topological polar surface area (TPSA) is 87.1 Å². The standard InChI is InChI=1S/C23H27NO5/c25-20-7-3-5-17(16-20)4-1-2-6-19-10-13-22(26)24(19)14-15-29-21-11-8-18(9-12-21)23(27)28/h3,5,7-9,11-12,16,19,25H,1-2,4,6,10,13-15H2,(H,27,28). The summed E-state index contributed by atoms with van der Waals surface area (Å²) in [4.78, 5) is 25.0. The molecule has 2 aromatic carbocycles. The van der Waals surface area contributed by atoms with Crippen LogP contribution in [-0.4, -0.2) is 46.2 Å². The SMILES string of the molecule is O=C(O)c1ccc(OCCN2C(=O)CCC2CCCCc2cccc(O)c2)cc1. The summed E-state index contributed by atoms with van der Waals surface area (Å²) in [5.41, 5.74) is 1.35. The fraction of sp³-hybridized carbons (Fsp3) is 0.391. The molecule has 6 heteroatoms. The van der Waals surface area contributed by atoms with Crippen LogP contribution < -0.4 is 4.74 Å². The molecule has 1 fully saturated rings. The van der Waals surface area contributed by atoms with E-state index in [9.17, 15) is 14.7 Å². The summed E-state index contributed by atoms with van der Waals surface area (Å²) < 4.78 is 5.68. The van der Waals surface area contributed by atoms with Gasteiger partial charge in [0.25, 0.3) is 0 Å². The molecule has 1 amide bonds. The Bertz CT molecular complexity index is 833. The lowest BCUT2D eigenvalue weighted by Gasteiger charge is -2.25. The number of carbonyl (C=O) groups excluding carboxylic acids is 1. The zero-order valence-electron chi connectivity index (χ0n) is 16.4. The number of amides is 1. The minimum Gasteiger partial charge on any atom is -0.508 e. The number of hydrogen-bond donors (Lipinski definition) is 2. The van der Waals surface area contributed by atoms with Crippen LogP contribution in [-0.2, 0) is 11.2 Å². The van der Waals surface area contributed by atoms with Gasteiger partial charge < -0.3 is 19.8 Å². The molecular formula is C23H27NO5. The van der Waals surface area contributed by atoms with Gasteiger partial charge in [-0.15, -0.1) is 0 Å². The number of ether oxygens (including phenoxy) is 1. The number of unbranched alkanes of at least 4 members (excludes halogenated alkanes) is 1. The van der Waals surface area contributed by atoms with Crippen LogP contribution in [0.4, 0.5) is 0 Å². The van der Waals surface area contributed by atoms with Crippen molar-refractivity contribution in [3.8, 4) is 11.5 Å². The predicted molar refractivity (Wildman–Crippen MR) is 109 cm³/mol. The highest BCUT2D eigenvalue weighted by atomic mass is 16.5. The second-order valence-electron chi connectivity index (χ2n) is 7.37. The summed E-state index contributed by atoms with van der Waals surface area (Å²) in [6.45, 7) is 0.925. The van der Waals surface area contributed by atoms with Gasteiger partial charge in [-0.3, -0.25) is 4.79 Å². The number of rotatable bonds is 10. The largest absolute Gasteiger partial charge is 0.508 e. The number of aromatic hydroxyl groups is 1. The molecule has 3 rings (SSSR count). The smallest absolute Gasteiger partial charge is 0.335 e. The summed E-state index contributed by atoms with van der Waals surface area (Å²) in [5, 5.41) is 18.4. The van der Waals surface area contributed by atoms with Gasteiger partial charge in [0.15, 0.2) is 0 Å². The average molecular weight is 397 g/mol. The van der Waals surface area contributed by atoms with E-state index in [2.05, 4.69) is 0 Å². The van der Waals surface area contributed by atoms with E-state index in [1.807, 2.05) is 17.0 Å². The Morgan fingerprint density at radius 1 is 1.14 bits per heavy atom. The Balaban J connectivity index is 1.40. The molecule has 6 nitrogen and oxygen atoms in total. The third-order valence-electron chi connectivity index (χ3n) is 5.32. The molecule has 0 bridgehead atoms. The molecule has 2 aromatic rings. The van der Waals surface area contributed by atoms with E-state index in [1.54, 1.807) is 24.3 Å². The average Bonchev–Trinajstić information content (AvgIpc) is 3.05. The molecule has 0 aromatic heterocycles. The summed E-state index contributed by atoms with van der Waals surface area (Å²) in [6, 6.07) is 13.9. The molecule has 1 aliphatic rings. The number of likely N-dealkylation sites (tertiary alicyclic amines) is 1.